The average molecular weight is 280 g/mol. The summed E-state index contributed by atoms with van der Waals surface area (Å²) >= 11 is 0. The van der Waals surface area contributed by atoms with E-state index in [9.17, 15) is 9.90 Å². The highest BCUT2D eigenvalue weighted by atomic mass is 16.6. The molecule has 0 spiro atoms. The summed E-state index contributed by atoms with van der Waals surface area (Å²) in [5, 5.41) is 12.1. The van der Waals surface area contributed by atoms with E-state index in [1.54, 1.807) is 45.0 Å². The van der Waals surface area contributed by atoms with Gasteiger partial charge in [0.05, 0.1) is 11.6 Å². The largest absolute Gasteiger partial charge is 0.508 e. The van der Waals surface area contributed by atoms with E-state index in [-0.39, 0.29) is 5.75 Å². The van der Waals surface area contributed by atoms with Crippen molar-refractivity contribution in [2.24, 2.45) is 5.73 Å². The predicted octanol–water partition coefficient (Wildman–Crippen LogP) is 2.70. The molecule has 5 nitrogen and oxygen atoms in total. The average Bonchev–Trinajstić information content (AvgIpc) is 2.25. The van der Waals surface area contributed by atoms with Gasteiger partial charge in [-0.15, -0.1) is 0 Å². The summed E-state index contributed by atoms with van der Waals surface area (Å²) in [4.78, 5) is 11.8. The zero-order chi connectivity index (χ0) is 15.6. The SMILES string of the molecule is CC(C)(C)OC(=O)NC(C)(C)C(N)c1ccc(O)cc1. The number of phenolic OH excluding ortho intramolecular Hbond substituents is 1. The molecule has 5 heteroatoms. The molecule has 1 unspecified atom stereocenters. The van der Waals surface area contributed by atoms with Crippen molar-refractivity contribution in [2.75, 3.05) is 0 Å². The molecule has 0 aliphatic rings. The molecular weight excluding hydrogens is 256 g/mol. The van der Waals surface area contributed by atoms with Gasteiger partial charge in [0.2, 0.25) is 0 Å². The Bertz CT molecular complexity index is 461. The van der Waals surface area contributed by atoms with Crippen LogP contribution in [0.2, 0.25) is 0 Å². The van der Waals surface area contributed by atoms with Crippen molar-refractivity contribution in [3.8, 4) is 5.75 Å². The van der Waals surface area contributed by atoms with E-state index in [1.165, 1.54) is 0 Å². The number of hydrogen-bond donors (Lipinski definition) is 3. The standard InChI is InChI=1S/C15H24N2O3/c1-14(2,3)20-13(19)17-15(4,5)12(16)10-6-8-11(18)9-7-10/h6-9,12,18H,16H2,1-5H3,(H,17,19). The topological polar surface area (TPSA) is 84.6 Å². The van der Waals surface area contributed by atoms with Crippen LogP contribution in [0.15, 0.2) is 24.3 Å². The van der Waals surface area contributed by atoms with Crippen molar-refractivity contribution < 1.29 is 14.6 Å². The Morgan fingerprint density at radius 1 is 1.20 bits per heavy atom. The van der Waals surface area contributed by atoms with Crippen LogP contribution in [0, 0.1) is 0 Å². The molecule has 0 bridgehead atoms. The number of alkyl carbamates (subject to hydrolysis) is 1. The fourth-order valence-corrected chi connectivity index (χ4v) is 1.74. The Morgan fingerprint density at radius 2 is 1.70 bits per heavy atom. The highest BCUT2D eigenvalue weighted by Crippen LogP contribution is 2.25. The van der Waals surface area contributed by atoms with Crippen molar-refractivity contribution in [3.63, 3.8) is 0 Å². The van der Waals surface area contributed by atoms with Gasteiger partial charge in [0.1, 0.15) is 11.4 Å². The van der Waals surface area contributed by atoms with Crippen molar-refractivity contribution in [3.05, 3.63) is 29.8 Å². The Labute approximate surface area is 120 Å². The van der Waals surface area contributed by atoms with Gasteiger partial charge in [-0.05, 0) is 52.3 Å². The molecule has 20 heavy (non-hydrogen) atoms. The van der Waals surface area contributed by atoms with Crippen LogP contribution in [0.4, 0.5) is 4.79 Å². The third kappa shape index (κ3) is 4.74. The first-order valence-corrected chi connectivity index (χ1v) is 6.57. The first-order chi connectivity index (χ1) is 9.01. The Kier molecular flexibility index (Phi) is 4.65. The lowest BCUT2D eigenvalue weighted by Crippen LogP contribution is -2.52. The van der Waals surface area contributed by atoms with Gasteiger partial charge in [-0.25, -0.2) is 4.79 Å². The monoisotopic (exact) mass is 280 g/mol. The highest BCUT2D eigenvalue weighted by Gasteiger charge is 2.31. The molecule has 0 saturated heterocycles. The number of carbonyl (C=O) groups excluding carboxylic acids is 1. The summed E-state index contributed by atoms with van der Waals surface area (Å²) in [6, 6.07) is 6.18. The van der Waals surface area contributed by atoms with Crippen LogP contribution in [0.1, 0.15) is 46.2 Å². The second kappa shape index (κ2) is 5.71. The summed E-state index contributed by atoms with van der Waals surface area (Å²) < 4.78 is 5.23. The summed E-state index contributed by atoms with van der Waals surface area (Å²) in [5.41, 5.74) is 5.77. The number of amides is 1. The molecule has 4 N–H and O–H groups in total. The van der Waals surface area contributed by atoms with Crippen LogP contribution < -0.4 is 11.1 Å². The van der Waals surface area contributed by atoms with Crippen LogP contribution in [-0.2, 0) is 4.74 Å². The Hall–Kier alpha value is -1.75. The molecule has 1 rings (SSSR count). The van der Waals surface area contributed by atoms with Gasteiger partial charge in [0.15, 0.2) is 0 Å². The molecule has 0 radical (unpaired) electrons. The second-order valence-electron chi connectivity index (χ2n) is 6.42. The molecule has 0 heterocycles. The van der Waals surface area contributed by atoms with Gasteiger partial charge in [-0.3, -0.25) is 0 Å². The lowest BCUT2D eigenvalue weighted by atomic mass is 9.89. The number of aromatic hydroxyl groups is 1. The van der Waals surface area contributed by atoms with Crippen LogP contribution in [0.5, 0.6) is 5.75 Å². The van der Waals surface area contributed by atoms with Gasteiger partial charge in [0, 0.05) is 0 Å². The molecular formula is C15H24N2O3. The number of phenols is 1. The summed E-state index contributed by atoms with van der Waals surface area (Å²) in [6.45, 7) is 9.07. The minimum absolute atomic E-state index is 0.179. The van der Waals surface area contributed by atoms with Gasteiger partial charge in [0.25, 0.3) is 0 Å². The quantitative estimate of drug-likeness (QED) is 0.794. The maximum Gasteiger partial charge on any atom is 0.408 e. The van der Waals surface area contributed by atoms with E-state index in [2.05, 4.69) is 5.32 Å². The van der Waals surface area contributed by atoms with Gasteiger partial charge in [-0.1, -0.05) is 12.1 Å². The minimum Gasteiger partial charge on any atom is -0.508 e. The molecule has 1 aromatic carbocycles. The van der Waals surface area contributed by atoms with Crippen molar-refractivity contribution in [2.45, 2.75) is 51.8 Å². The van der Waals surface area contributed by atoms with Gasteiger partial charge >= 0.3 is 6.09 Å². The number of rotatable bonds is 3. The van der Waals surface area contributed by atoms with Crippen LogP contribution in [0.3, 0.4) is 0 Å². The van der Waals surface area contributed by atoms with Gasteiger partial charge in [-0.2, -0.15) is 0 Å². The number of nitrogens with one attached hydrogen (secondary N) is 1. The maximum absolute atomic E-state index is 11.8. The van der Waals surface area contributed by atoms with Crippen molar-refractivity contribution in [1.82, 2.24) is 5.32 Å². The van der Waals surface area contributed by atoms with Crippen molar-refractivity contribution in [1.29, 1.82) is 0 Å². The summed E-state index contributed by atoms with van der Waals surface area (Å²) in [5.74, 6) is 0.179. The van der Waals surface area contributed by atoms with E-state index >= 15 is 0 Å². The van der Waals surface area contributed by atoms with Crippen LogP contribution >= 0.6 is 0 Å². The zero-order valence-electron chi connectivity index (χ0n) is 12.7. The van der Waals surface area contributed by atoms with E-state index in [0.29, 0.717) is 0 Å². The lowest BCUT2D eigenvalue weighted by Gasteiger charge is -2.33. The third-order valence-corrected chi connectivity index (χ3v) is 2.85. The molecule has 0 aromatic heterocycles. The van der Waals surface area contributed by atoms with Crippen molar-refractivity contribution >= 4 is 6.09 Å². The lowest BCUT2D eigenvalue weighted by molar-refractivity contribution is 0.0458. The molecule has 1 atom stereocenters. The molecule has 0 aliphatic heterocycles. The smallest absolute Gasteiger partial charge is 0.408 e. The van der Waals surface area contributed by atoms with E-state index in [0.717, 1.165) is 5.56 Å². The molecule has 0 fully saturated rings. The molecule has 0 saturated carbocycles. The number of benzene rings is 1. The van der Waals surface area contributed by atoms with E-state index in [4.69, 9.17) is 10.5 Å². The molecule has 0 aliphatic carbocycles. The number of carbonyl (C=O) groups is 1. The zero-order valence-corrected chi connectivity index (χ0v) is 12.7. The number of ether oxygens (including phenoxy) is 1. The van der Waals surface area contributed by atoms with Gasteiger partial charge < -0.3 is 20.9 Å². The third-order valence-electron chi connectivity index (χ3n) is 2.85. The molecule has 112 valence electrons. The minimum atomic E-state index is -0.681. The van der Waals surface area contributed by atoms with Crippen LogP contribution in [0.25, 0.3) is 0 Å². The maximum atomic E-state index is 11.8. The summed E-state index contributed by atoms with van der Waals surface area (Å²) in [6.07, 6.45) is -0.503. The van der Waals surface area contributed by atoms with E-state index < -0.39 is 23.3 Å². The fraction of sp³-hybridized carbons (Fsp3) is 0.533. The summed E-state index contributed by atoms with van der Waals surface area (Å²) in [7, 11) is 0. The van der Waals surface area contributed by atoms with E-state index in [1.807, 2.05) is 13.8 Å². The number of nitrogens with two attached hydrogens (primary N) is 1. The fourth-order valence-electron chi connectivity index (χ4n) is 1.74. The Balaban J connectivity index is 2.77. The predicted molar refractivity (Wildman–Crippen MR) is 78.5 cm³/mol. The molecule has 1 amide bonds. The normalized spacial score (nSPS) is 13.7. The first kappa shape index (κ1) is 16.3. The Morgan fingerprint density at radius 3 is 2.15 bits per heavy atom. The number of hydrogen-bond acceptors (Lipinski definition) is 4. The second-order valence-corrected chi connectivity index (χ2v) is 6.42. The molecule has 1 aromatic rings. The van der Waals surface area contributed by atoms with Crippen LogP contribution in [-0.4, -0.2) is 22.3 Å². The highest BCUT2D eigenvalue weighted by molar-refractivity contribution is 5.68. The first-order valence-electron chi connectivity index (χ1n) is 6.57.